The van der Waals surface area contributed by atoms with Gasteiger partial charge in [0.1, 0.15) is 9.90 Å². The zero-order valence-corrected chi connectivity index (χ0v) is 14.6. The first-order valence-electron chi connectivity index (χ1n) is 6.83. The van der Waals surface area contributed by atoms with Crippen LogP contribution in [0.2, 0.25) is 4.34 Å². The molecule has 0 saturated carbocycles. The fourth-order valence-corrected chi connectivity index (χ4v) is 4.51. The molecule has 0 unspecified atom stereocenters. The van der Waals surface area contributed by atoms with Gasteiger partial charge in [0.05, 0.1) is 17.1 Å². The maximum atomic E-state index is 12.1. The molecule has 1 N–H and O–H groups in total. The van der Waals surface area contributed by atoms with Gasteiger partial charge in [0, 0.05) is 12.6 Å². The van der Waals surface area contributed by atoms with Gasteiger partial charge in [-0.05, 0) is 30.3 Å². The van der Waals surface area contributed by atoms with E-state index in [2.05, 4.69) is 9.82 Å². The third-order valence-corrected chi connectivity index (χ3v) is 6.25. The number of thiophene rings is 1. The van der Waals surface area contributed by atoms with Gasteiger partial charge in [0.15, 0.2) is 5.76 Å². The van der Waals surface area contributed by atoms with E-state index in [-0.39, 0.29) is 22.9 Å². The number of furan rings is 1. The van der Waals surface area contributed by atoms with Gasteiger partial charge in [-0.15, -0.1) is 11.3 Å². The normalized spacial score (nSPS) is 11.7. The number of rotatable bonds is 6. The summed E-state index contributed by atoms with van der Waals surface area (Å²) in [7, 11) is -3.65. The van der Waals surface area contributed by atoms with E-state index < -0.39 is 10.0 Å². The van der Waals surface area contributed by atoms with E-state index in [1.54, 1.807) is 18.2 Å². The maximum Gasteiger partial charge on any atom is 0.266 e. The molecule has 3 aromatic rings. The molecule has 0 fully saturated rings. The Morgan fingerprint density at radius 2 is 2.08 bits per heavy atom. The van der Waals surface area contributed by atoms with Crippen molar-refractivity contribution < 1.29 is 12.8 Å². The molecule has 24 heavy (non-hydrogen) atoms. The van der Waals surface area contributed by atoms with Crippen LogP contribution in [-0.4, -0.2) is 24.7 Å². The number of sulfonamides is 1. The molecular formula is C14H12ClN3O4S2. The minimum absolute atomic E-state index is 0.0202. The van der Waals surface area contributed by atoms with Crippen LogP contribution in [0.4, 0.5) is 0 Å². The lowest BCUT2D eigenvalue weighted by Gasteiger charge is -2.07. The lowest BCUT2D eigenvalue weighted by molar-refractivity contribution is 0.540. The lowest BCUT2D eigenvalue weighted by atomic mass is 10.3. The first kappa shape index (κ1) is 16.9. The number of hydrogen-bond donors (Lipinski definition) is 1. The Morgan fingerprint density at radius 3 is 2.75 bits per heavy atom. The second-order valence-corrected chi connectivity index (χ2v) is 8.42. The Hall–Kier alpha value is -1.94. The molecule has 0 aromatic carbocycles. The van der Waals surface area contributed by atoms with Gasteiger partial charge in [-0.2, -0.15) is 5.10 Å². The molecular weight excluding hydrogens is 374 g/mol. The zero-order chi connectivity index (χ0) is 17.2. The van der Waals surface area contributed by atoms with E-state index >= 15 is 0 Å². The van der Waals surface area contributed by atoms with Gasteiger partial charge in [-0.1, -0.05) is 11.6 Å². The highest BCUT2D eigenvalue weighted by molar-refractivity contribution is 7.91. The Bertz CT molecular complexity index is 993. The predicted octanol–water partition coefficient (Wildman–Crippen LogP) is 2.20. The topological polar surface area (TPSA) is 94.2 Å². The highest BCUT2D eigenvalue weighted by Gasteiger charge is 2.16. The van der Waals surface area contributed by atoms with Crippen molar-refractivity contribution in [3.05, 3.63) is 57.4 Å². The first-order valence-corrected chi connectivity index (χ1v) is 9.50. The summed E-state index contributed by atoms with van der Waals surface area (Å²) in [4.78, 5) is 11.8. The largest absolute Gasteiger partial charge is 0.463 e. The van der Waals surface area contributed by atoms with Gasteiger partial charge < -0.3 is 4.42 Å². The molecule has 126 valence electrons. The summed E-state index contributed by atoms with van der Waals surface area (Å²) in [6, 6.07) is 9.29. The summed E-state index contributed by atoms with van der Waals surface area (Å²) in [6.45, 7) is 0.109. The smallest absolute Gasteiger partial charge is 0.266 e. The van der Waals surface area contributed by atoms with Gasteiger partial charge in [0.2, 0.25) is 10.0 Å². The molecule has 0 radical (unpaired) electrons. The van der Waals surface area contributed by atoms with Crippen LogP contribution in [0.15, 0.2) is 56.1 Å². The Labute approximate surface area is 146 Å². The summed E-state index contributed by atoms with van der Waals surface area (Å²) < 4.78 is 33.5. The third-order valence-electron chi connectivity index (χ3n) is 3.07. The minimum Gasteiger partial charge on any atom is -0.463 e. The van der Waals surface area contributed by atoms with Crippen LogP contribution in [-0.2, 0) is 16.6 Å². The molecule has 0 aliphatic carbocycles. The average Bonchev–Trinajstić information content (AvgIpc) is 3.20. The second kappa shape index (κ2) is 6.89. The van der Waals surface area contributed by atoms with Crippen molar-refractivity contribution in [1.29, 1.82) is 0 Å². The van der Waals surface area contributed by atoms with Crippen molar-refractivity contribution in [3.8, 4) is 11.5 Å². The summed E-state index contributed by atoms with van der Waals surface area (Å²) in [5.74, 6) is 0.526. The predicted molar refractivity (Wildman–Crippen MR) is 90.7 cm³/mol. The molecule has 0 amide bonds. The molecule has 0 aliphatic heterocycles. The third kappa shape index (κ3) is 3.75. The van der Waals surface area contributed by atoms with Crippen LogP contribution in [0.5, 0.6) is 0 Å². The van der Waals surface area contributed by atoms with Gasteiger partial charge in [0.25, 0.3) is 5.56 Å². The van der Waals surface area contributed by atoms with Crippen LogP contribution in [0.1, 0.15) is 0 Å². The van der Waals surface area contributed by atoms with Crippen molar-refractivity contribution in [3.63, 3.8) is 0 Å². The molecule has 0 atom stereocenters. The number of hydrogen-bond acceptors (Lipinski definition) is 6. The molecule has 3 aromatic heterocycles. The van der Waals surface area contributed by atoms with Crippen LogP contribution in [0, 0.1) is 0 Å². The molecule has 7 nitrogen and oxygen atoms in total. The van der Waals surface area contributed by atoms with E-state index in [4.69, 9.17) is 16.0 Å². The molecule has 3 rings (SSSR count). The summed E-state index contributed by atoms with van der Waals surface area (Å²) in [5.41, 5.74) is 0.163. The van der Waals surface area contributed by atoms with Gasteiger partial charge >= 0.3 is 0 Å². The highest BCUT2D eigenvalue weighted by Crippen LogP contribution is 2.25. The fourth-order valence-electron chi connectivity index (χ4n) is 1.96. The Morgan fingerprint density at radius 1 is 1.25 bits per heavy atom. The maximum absolute atomic E-state index is 12.1. The first-order chi connectivity index (χ1) is 11.5. The van der Waals surface area contributed by atoms with Crippen molar-refractivity contribution in [2.45, 2.75) is 10.8 Å². The van der Waals surface area contributed by atoms with Crippen LogP contribution in [0.3, 0.4) is 0 Å². The summed E-state index contributed by atoms with van der Waals surface area (Å²) >= 11 is 6.71. The fraction of sp³-hybridized carbons (Fsp3) is 0.143. The Balaban J connectivity index is 1.71. The quantitative estimate of drug-likeness (QED) is 0.701. The van der Waals surface area contributed by atoms with Crippen molar-refractivity contribution in [1.82, 2.24) is 14.5 Å². The number of aromatic nitrogens is 2. The standard InChI is InChI=1S/C14H12ClN3O4S2/c15-12-4-6-14(23-12)24(20,21)16-7-8-18-13(19)5-3-10(17-18)11-2-1-9-22-11/h1-6,9,16H,7-8H2. The number of halogens is 1. The second-order valence-electron chi connectivity index (χ2n) is 4.71. The van der Waals surface area contributed by atoms with Crippen molar-refractivity contribution in [2.75, 3.05) is 6.54 Å². The average molecular weight is 386 g/mol. The van der Waals surface area contributed by atoms with E-state index in [1.807, 2.05) is 0 Å². The monoisotopic (exact) mass is 385 g/mol. The minimum atomic E-state index is -3.65. The molecule has 0 saturated heterocycles. The molecule has 0 aliphatic rings. The van der Waals surface area contributed by atoms with E-state index in [1.165, 1.54) is 29.1 Å². The summed E-state index contributed by atoms with van der Waals surface area (Å²) in [6.07, 6.45) is 1.51. The molecule has 0 bridgehead atoms. The van der Waals surface area contributed by atoms with E-state index in [9.17, 15) is 13.2 Å². The number of nitrogens with zero attached hydrogens (tertiary/aromatic N) is 2. The lowest BCUT2D eigenvalue weighted by Crippen LogP contribution is -2.31. The zero-order valence-electron chi connectivity index (χ0n) is 12.2. The van der Waals surface area contributed by atoms with E-state index in [0.717, 1.165) is 11.3 Å². The molecule has 3 heterocycles. The van der Waals surface area contributed by atoms with Crippen LogP contribution >= 0.6 is 22.9 Å². The van der Waals surface area contributed by atoms with Gasteiger partial charge in [-0.3, -0.25) is 4.79 Å². The van der Waals surface area contributed by atoms with Crippen LogP contribution in [0.25, 0.3) is 11.5 Å². The molecule has 0 spiro atoms. The number of nitrogens with one attached hydrogen (secondary N) is 1. The Kier molecular flexibility index (Phi) is 4.86. The SMILES string of the molecule is O=c1ccc(-c2ccco2)nn1CCNS(=O)(=O)c1ccc(Cl)s1. The van der Waals surface area contributed by atoms with Gasteiger partial charge in [-0.25, -0.2) is 17.8 Å². The van der Waals surface area contributed by atoms with Crippen molar-refractivity contribution >= 4 is 33.0 Å². The highest BCUT2D eigenvalue weighted by atomic mass is 35.5. The van der Waals surface area contributed by atoms with Crippen LogP contribution < -0.4 is 10.3 Å². The summed E-state index contributed by atoms with van der Waals surface area (Å²) in [5, 5.41) is 4.17. The van der Waals surface area contributed by atoms with Crippen molar-refractivity contribution in [2.24, 2.45) is 0 Å². The molecule has 10 heteroatoms. The van der Waals surface area contributed by atoms with E-state index in [0.29, 0.717) is 15.8 Å².